The van der Waals surface area contributed by atoms with Gasteiger partial charge in [-0.15, -0.1) is 0 Å². The number of benzene rings is 1. The molecular formula is C22H30N2O7S. The molecule has 1 aromatic carbocycles. The highest BCUT2D eigenvalue weighted by Gasteiger charge is 2.42. The molecule has 1 aromatic rings. The largest absolute Gasteiger partial charge is 0.462 e. The van der Waals surface area contributed by atoms with Crippen LogP contribution in [0, 0.1) is 5.92 Å². The zero-order chi connectivity index (χ0) is 22.8. The van der Waals surface area contributed by atoms with Gasteiger partial charge in [-0.1, -0.05) is 0 Å². The number of piperidine rings is 2. The van der Waals surface area contributed by atoms with Gasteiger partial charge in [-0.2, -0.15) is 4.31 Å². The van der Waals surface area contributed by atoms with Gasteiger partial charge in [0.25, 0.3) is 0 Å². The Morgan fingerprint density at radius 3 is 2.19 bits per heavy atom. The standard InChI is InChI=1S/C22H30N2O7S/c1-2-29-21(26)18-3-5-19(6-4-18)32(27,28)24-11-7-17(8-12-24)20(25)23-13-9-22(10-14-23)30-15-16-31-22/h3-6,17H,2,7-16H2,1H3. The SMILES string of the molecule is CCOC(=O)c1ccc(S(=O)(=O)N2CCC(C(=O)N3CCC4(CC3)OCCO4)CC2)cc1. The van der Waals surface area contributed by atoms with E-state index in [2.05, 4.69) is 0 Å². The second kappa shape index (κ2) is 9.46. The minimum Gasteiger partial charge on any atom is -0.462 e. The van der Waals surface area contributed by atoms with E-state index in [1.165, 1.54) is 28.6 Å². The van der Waals surface area contributed by atoms with Crippen LogP contribution in [0.3, 0.4) is 0 Å². The van der Waals surface area contributed by atoms with Crippen molar-refractivity contribution in [2.75, 3.05) is 46.0 Å². The van der Waals surface area contributed by atoms with Crippen molar-refractivity contribution in [2.45, 2.75) is 43.3 Å². The molecule has 1 spiro atoms. The van der Waals surface area contributed by atoms with E-state index in [0.717, 1.165) is 0 Å². The Labute approximate surface area is 188 Å². The molecule has 3 aliphatic rings. The van der Waals surface area contributed by atoms with Crippen molar-refractivity contribution in [1.82, 2.24) is 9.21 Å². The van der Waals surface area contributed by atoms with Crippen LogP contribution in [0.2, 0.25) is 0 Å². The molecule has 176 valence electrons. The van der Waals surface area contributed by atoms with Gasteiger partial charge in [0.2, 0.25) is 15.9 Å². The lowest BCUT2D eigenvalue weighted by atomic mass is 9.94. The quantitative estimate of drug-likeness (QED) is 0.608. The van der Waals surface area contributed by atoms with E-state index in [0.29, 0.717) is 70.6 Å². The summed E-state index contributed by atoms with van der Waals surface area (Å²) >= 11 is 0. The summed E-state index contributed by atoms with van der Waals surface area (Å²) in [5.74, 6) is -1.08. The van der Waals surface area contributed by atoms with Gasteiger partial charge in [0.1, 0.15) is 0 Å². The number of carbonyl (C=O) groups is 2. The van der Waals surface area contributed by atoms with Crippen LogP contribution in [-0.4, -0.2) is 81.3 Å². The third kappa shape index (κ3) is 4.68. The Balaban J connectivity index is 1.31. The molecule has 4 rings (SSSR count). The number of hydrogen-bond acceptors (Lipinski definition) is 7. The Bertz CT molecular complexity index is 924. The molecule has 32 heavy (non-hydrogen) atoms. The molecule has 3 heterocycles. The topological polar surface area (TPSA) is 102 Å². The second-order valence-electron chi connectivity index (χ2n) is 8.36. The van der Waals surface area contributed by atoms with E-state index in [4.69, 9.17) is 14.2 Å². The minimum absolute atomic E-state index is 0.0914. The lowest BCUT2D eigenvalue weighted by Crippen LogP contribution is -2.50. The third-order valence-electron chi connectivity index (χ3n) is 6.46. The van der Waals surface area contributed by atoms with Gasteiger partial charge in [-0.3, -0.25) is 4.79 Å². The van der Waals surface area contributed by atoms with Crippen LogP contribution in [-0.2, 0) is 29.0 Å². The van der Waals surface area contributed by atoms with Crippen molar-refractivity contribution in [2.24, 2.45) is 5.92 Å². The zero-order valence-corrected chi connectivity index (χ0v) is 19.1. The predicted molar refractivity (Wildman–Crippen MR) is 114 cm³/mol. The number of hydrogen-bond donors (Lipinski definition) is 0. The smallest absolute Gasteiger partial charge is 0.338 e. The van der Waals surface area contributed by atoms with E-state index in [1.54, 1.807) is 6.92 Å². The normalized spacial score (nSPS) is 22.2. The Morgan fingerprint density at radius 1 is 1.03 bits per heavy atom. The second-order valence-corrected chi connectivity index (χ2v) is 10.3. The maximum absolute atomic E-state index is 13.0. The van der Waals surface area contributed by atoms with Gasteiger partial charge >= 0.3 is 5.97 Å². The highest BCUT2D eigenvalue weighted by atomic mass is 32.2. The van der Waals surface area contributed by atoms with Crippen LogP contribution >= 0.6 is 0 Å². The molecule has 0 N–H and O–H groups in total. The van der Waals surface area contributed by atoms with Crippen LogP contribution in [0.15, 0.2) is 29.2 Å². The first-order chi connectivity index (χ1) is 15.3. The fraction of sp³-hybridized carbons (Fsp3) is 0.636. The number of sulfonamides is 1. The summed E-state index contributed by atoms with van der Waals surface area (Å²) in [7, 11) is -3.68. The maximum atomic E-state index is 13.0. The van der Waals surface area contributed by atoms with E-state index in [-0.39, 0.29) is 23.3 Å². The fourth-order valence-electron chi connectivity index (χ4n) is 4.58. The number of likely N-dealkylation sites (tertiary alicyclic amines) is 1. The zero-order valence-electron chi connectivity index (χ0n) is 18.3. The fourth-order valence-corrected chi connectivity index (χ4v) is 6.05. The van der Waals surface area contributed by atoms with E-state index in [1.807, 2.05) is 4.90 Å². The number of esters is 1. The summed E-state index contributed by atoms with van der Waals surface area (Å²) in [5, 5.41) is 0. The molecule has 0 aromatic heterocycles. The molecular weight excluding hydrogens is 436 g/mol. The molecule has 3 saturated heterocycles. The molecule has 0 aliphatic carbocycles. The van der Waals surface area contributed by atoms with E-state index >= 15 is 0 Å². The predicted octanol–water partition coefficient (Wildman–Crippen LogP) is 1.63. The van der Waals surface area contributed by atoms with Crippen molar-refractivity contribution in [3.05, 3.63) is 29.8 Å². The van der Waals surface area contributed by atoms with Crippen LogP contribution in [0.25, 0.3) is 0 Å². The molecule has 9 nitrogen and oxygen atoms in total. The molecule has 3 aliphatic heterocycles. The summed E-state index contributed by atoms with van der Waals surface area (Å²) in [6.45, 7) is 4.97. The third-order valence-corrected chi connectivity index (χ3v) is 8.37. The summed E-state index contributed by atoms with van der Waals surface area (Å²) in [5.41, 5.74) is 0.312. The Kier molecular flexibility index (Phi) is 6.85. The van der Waals surface area contributed by atoms with Gasteiger partial charge in [-0.25, -0.2) is 13.2 Å². The molecule has 0 bridgehead atoms. The minimum atomic E-state index is -3.68. The van der Waals surface area contributed by atoms with Crippen molar-refractivity contribution >= 4 is 21.9 Å². The first kappa shape index (κ1) is 23.2. The Morgan fingerprint density at radius 2 is 1.62 bits per heavy atom. The van der Waals surface area contributed by atoms with E-state index < -0.39 is 21.8 Å². The van der Waals surface area contributed by atoms with Gasteiger partial charge in [0.05, 0.1) is 30.3 Å². The van der Waals surface area contributed by atoms with Crippen LogP contribution in [0.4, 0.5) is 0 Å². The van der Waals surface area contributed by atoms with Crippen molar-refractivity contribution in [3.8, 4) is 0 Å². The number of amides is 1. The van der Waals surface area contributed by atoms with Crippen molar-refractivity contribution in [3.63, 3.8) is 0 Å². The molecule has 1 amide bonds. The van der Waals surface area contributed by atoms with Crippen LogP contribution < -0.4 is 0 Å². The molecule has 10 heteroatoms. The van der Waals surface area contributed by atoms with Gasteiger partial charge in [0.15, 0.2) is 5.79 Å². The Hall–Kier alpha value is -2.01. The molecule has 3 fully saturated rings. The van der Waals surface area contributed by atoms with Gasteiger partial charge < -0.3 is 19.1 Å². The average molecular weight is 467 g/mol. The first-order valence-corrected chi connectivity index (χ1v) is 12.6. The lowest BCUT2D eigenvalue weighted by molar-refractivity contribution is -0.188. The van der Waals surface area contributed by atoms with Crippen LogP contribution in [0.1, 0.15) is 43.0 Å². The molecule has 0 unspecified atom stereocenters. The van der Waals surface area contributed by atoms with Gasteiger partial charge in [0, 0.05) is 44.9 Å². The number of ether oxygens (including phenoxy) is 3. The highest BCUT2D eigenvalue weighted by molar-refractivity contribution is 7.89. The monoisotopic (exact) mass is 466 g/mol. The molecule has 0 saturated carbocycles. The van der Waals surface area contributed by atoms with Gasteiger partial charge in [-0.05, 0) is 44.0 Å². The average Bonchev–Trinajstić information content (AvgIpc) is 3.27. The number of rotatable bonds is 5. The summed E-state index contributed by atoms with van der Waals surface area (Å²) in [4.78, 5) is 26.7. The van der Waals surface area contributed by atoms with Crippen LogP contribution in [0.5, 0.6) is 0 Å². The van der Waals surface area contributed by atoms with Crippen molar-refractivity contribution < 1.29 is 32.2 Å². The highest BCUT2D eigenvalue weighted by Crippen LogP contribution is 2.33. The number of nitrogens with zero attached hydrogens (tertiary/aromatic N) is 2. The summed E-state index contributed by atoms with van der Waals surface area (Å²) in [6, 6.07) is 5.77. The molecule has 0 atom stereocenters. The van der Waals surface area contributed by atoms with Crippen molar-refractivity contribution in [1.29, 1.82) is 0 Å². The van der Waals surface area contributed by atoms with E-state index in [9.17, 15) is 18.0 Å². The summed E-state index contributed by atoms with van der Waals surface area (Å²) < 4.78 is 43.8. The summed E-state index contributed by atoms with van der Waals surface area (Å²) in [6.07, 6.45) is 2.34. The molecule has 0 radical (unpaired) electrons. The number of carbonyl (C=O) groups excluding carboxylic acids is 2. The maximum Gasteiger partial charge on any atom is 0.338 e. The lowest BCUT2D eigenvalue weighted by Gasteiger charge is -2.40. The first-order valence-electron chi connectivity index (χ1n) is 11.2.